The Morgan fingerprint density at radius 1 is 1.32 bits per heavy atom. The zero-order chi connectivity index (χ0) is 17.8. The van der Waals surface area contributed by atoms with Crippen molar-refractivity contribution in [2.45, 2.75) is 37.2 Å². The molecule has 2 heterocycles. The van der Waals surface area contributed by atoms with Gasteiger partial charge in [0.1, 0.15) is 5.75 Å². The van der Waals surface area contributed by atoms with Gasteiger partial charge in [-0.25, -0.2) is 9.89 Å². The minimum absolute atomic E-state index is 0.134. The molecule has 2 aromatic heterocycles. The fraction of sp³-hybridized carbons (Fsp3) is 0.375. The van der Waals surface area contributed by atoms with Gasteiger partial charge >= 0.3 is 5.69 Å². The van der Waals surface area contributed by atoms with Crippen molar-refractivity contribution in [3.8, 4) is 17.2 Å². The molecule has 8 nitrogen and oxygen atoms in total. The largest absolute Gasteiger partial charge is 0.497 e. The maximum absolute atomic E-state index is 11.8. The van der Waals surface area contributed by atoms with Crippen LogP contribution in [0.2, 0.25) is 0 Å². The molecule has 0 spiro atoms. The van der Waals surface area contributed by atoms with Crippen LogP contribution in [0.5, 0.6) is 5.75 Å². The third-order valence-corrected chi connectivity index (χ3v) is 4.66. The average molecular weight is 361 g/mol. The van der Waals surface area contributed by atoms with E-state index in [1.807, 2.05) is 38.1 Å². The average Bonchev–Trinajstić information content (AvgIpc) is 3.25. The zero-order valence-electron chi connectivity index (χ0n) is 14.2. The van der Waals surface area contributed by atoms with Gasteiger partial charge in [0.25, 0.3) is 0 Å². The van der Waals surface area contributed by atoms with Gasteiger partial charge in [-0.3, -0.25) is 4.57 Å². The molecule has 1 aromatic carbocycles. The first-order valence-corrected chi connectivity index (χ1v) is 8.80. The summed E-state index contributed by atoms with van der Waals surface area (Å²) in [5.41, 5.74) is 0.611. The molecule has 0 amide bonds. The van der Waals surface area contributed by atoms with Crippen LogP contribution in [0.1, 0.15) is 31.4 Å². The monoisotopic (exact) mass is 361 g/mol. The molecule has 132 valence electrons. The van der Waals surface area contributed by atoms with Gasteiger partial charge in [-0.2, -0.15) is 0 Å². The van der Waals surface area contributed by atoms with Crippen molar-refractivity contribution in [3.63, 3.8) is 0 Å². The maximum atomic E-state index is 11.8. The van der Waals surface area contributed by atoms with Crippen molar-refractivity contribution in [2.24, 2.45) is 0 Å². The summed E-state index contributed by atoms with van der Waals surface area (Å²) in [5, 5.41) is 15.2. The first kappa shape index (κ1) is 17.3. The van der Waals surface area contributed by atoms with Gasteiger partial charge in [0.15, 0.2) is 5.16 Å². The summed E-state index contributed by atoms with van der Waals surface area (Å²) in [6.45, 7) is 4.56. The van der Waals surface area contributed by atoms with Gasteiger partial charge in [0.05, 0.1) is 12.4 Å². The Hall–Kier alpha value is -2.55. The highest BCUT2D eigenvalue weighted by molar-refractivity contribution is 7.99. The van der Waals surface area contributed by atoms with Crippen LogP contribution in [0.3, 0.4) is 0 Å². The maximum Gasteiger partial charge on any atom is 0.343 e. The second-order valence-corrected chi connectivity index (χ2v) is 6.70. The second kappa shape index (κ2) is 7.56. The molecule has 1 atom stereocenters. The molecule has 0 aliphatic heterocycles. The van der Waals surface area contributed by atoms with Crippen molar-refractivity contribution < 1.29 is 9.15 Å². The molecular weight excluding hydrogens is 342 g/mol. The van der Waals surface area contributed by atoms with E-state index in [4.69, 9.17) is 9.15 Å². The predicted molar refractivity (Wildman–Crippen MR) is 93.7 cm³/mol. The Bertz CT molecular complexity index is 884. The van der Waals surface area contributed by atoms with Crippen LogP contribution in [0, 0.1) is 0 Å². The number of aromatic nitrogens is 5. The molecule has 0 unspecified atom stereocenters. The van der Waals surface area contributed by atoms with E-state index in [2.05, 4.69) is 20.4 Å². The highest BCUT2D eigenvalue weighted by Gasteiger charge is 2.19. The Labute approximate surface area is 148 Å². The quantitative estimate of drug-likeness (QED) is 0.646. The molecule has 0 bridgehead atoms. The van der Waals surface area contributed by atoms with E-state index in [0.717, 1.165) is 17.7 Å². The van der Waals surface area contributed by atoms with Gasteiger partial charge in [-0.1, -0.05) is 18.7 Å². The lowest BCUT2D eigenvalue weighted by atomic mass is 10.2. The summed E-state index contributed by atoms with van der Waals surface area (Å²) >= 11 is 1.40. The number of hydrogen-bond donors (Lipinski definition) is 1. The Balaban J connectivity index is 1.76. The summed E-state index contributed by atoms with van der Waals surface area (Å²) in [5.74, 6) is 1.69. The van der Waals surface area contributed by atoms with Crippen LogP contribution < -0.4 is 10.4 Å². The number of H-pyrrole nitrogens is 1. The Kier molecular flexibility index (Phi) is 5.22. The summed E-state index contributed by atoms with van der Waals surface area (Å²) in [6.07, 6.45) is 0.851. The lowest BCUT2D eigenvalue weighted by Crippen LogP contribution is -2.17. The Morgan fingerprint density at radius 2 is 2.08 bits per heavy atom. The smallest absolute Gasteiger partial charge is 0.343 e. The first-order valence-electron chi connectivity index (χ1n) is 7.92. The fourth-order valence-electron chi connectivity index (χ4n) is 2.27. The third-order valence-electron chi connectivity index (χ3n) is 3.58. The van der Waals surface area contributed by atoms with E-state index in [9.17, 15) is 4.79 Å². The summed E-state index contributed by atoms with van der Waals surface area (Å²) < 4.78 is 12.5. The van der Waals surface area contributed by atoms with Crippen molar-refractivity contribution in [1.29, 1.82) is 0 Å². The fourth-order valence-corrected chi connectivity index (χ4v) is 3.18. The van der Waals surface area contributed by atoms with E-state index in [0.29, 0.717) is 23.5 Å². The van der Waals surface area contributed by atoms with E-state index in [1.54, 1.807) is 11.7 Å². The normalized spacial score (nSPS) is 12.3. The SMILES string of the molecule is CCCn1c(S[C@H](C)c2nnc(-c3ccc(OC)cc3)o2)n[nH]c1=O. The molecule has 0 radical (unpaired) electrons. The summed E-state index contributed by atoms with van der Waals surface area (Å²) in [6, 6.07) is 7.40. The molecule has 0 fully saturated rings. The highest BCUT2D eigenvalue weighted by atomic mass is 32.2. The number of nitrogens with zero attached hydrogens (tertiary/aromatic N) is 4. The van der Waals surface area contributed by atoms with E-state index in [-0.39, 0.29) is 10.9 Å². The Morgan fingerprint density at radius 3 is 2.76 bits per heavy atom. The standard InChI is InChI=1S/C16H19N5O3S/c1-4-9-21-15(22)19-20-16(21)25-10(2)13-17-18-14(24-13)11-5-7-12(23-3)8-6-11/h5-8,10H,4,9H2,1-3H3,(H,19,22)/t10-/m1/s1. The van der Waals surface area contributed by atoms with Gasteiger partial charge < -0.3 is 9.15 Å². The first-order chi connectivity index (χ1) is 12.1. The molecule has 0 saturated carbocycles. The molecule has 25 heavy (non-hydrogen) atoms. The van der Waals surface area contributed by atoms with Crippen LogP contribution in [-0.2, 0) is 6.54 Å². The van der Waals surface area contributed by atoms with Crippen molar-refractivity contribution in [1.82, 2.24) is 25.0 Å². The van der Waals surface area contributed by atoms with Crippen LogP contribution in [0.4, 0.5) is 0 Å². The predicted octanol–water partition coefficient (Wildman–Crippen LogP) is 2.89. The van der Waals surface area contributed by atoms with Gasteiger partial charge in [-0.15, -0.1) is 15.3 Å². The van der Waals surface area contributed by atoms with Crippen LogP contribution in [0.25, 0.3) is 11.5 Å². The number of hydrogen-bond acceptors (Lipinski definition) is 7. The van der Waals surface area contributed by atoms with Crippen molar-refractivity contribution in [3.05, 3.63) is 40.6 Å². The number of benzene rings is 1. The van der Waals surface area contributed by atoms with Crippen LogP contribution >= 0.6 is 11.8 Å². The molecule has 3 rings (SSSR count). The van der Waals surface area contributed by atoms with Gasteiger partial charge in [0.2, 0.25) is 11.8 Å². The number of methoxy groups -OCH3 is 1. The lowest BCUT2D eigenvalue weighted by molar-refractivity contribution is 0.415. The lowest BCUT2D eigenvalue weighted by Gasteiger charge is -2.07. The molecule has 0 saturated heterocycles. The number of rotatable bonds is 7. The minimum Gasteiger partial charge on any atom is -0.497 e. The van der Waals surface area contributed by atoms with E-state index >= 15 is 0 Å². The molecule has 3 aromatic rings. The number of aromatic amines is 1. The number of nitrogens with one attached hydrogen (secondary N) is 1. The topological polar surface area (TPSA) is 98.8 Å². The van der Waals surface area contributed by atoms with Gasteiger partial charge in [-0.05, 0) is 37.6 Å². The summed E-state index contributed by atoms with van der Waals surface area (Å²) in [7, 11) is 1.62. The van der Waals surface area contributed by atoms with Crippen molar-refractivity contribution in [2.75, 3.05) is 7.11 Å². The van der Waals surface area contributed by atoms with Gasteiger partial charge in [0, 0.05) is 12.1 Å². The molecular formula is C16H19N5O3S. The molecule has 0 aliphatic rings. The van der Waals surface area contributed by atoms with E-state index in [1.165, 1.54) is 11.8 Å². The van der Waals surface area contributed by atoms with Crippen LogP contribution in [0.15, 0.2) is 38.6 Å². The zero-order valence-corrected chi connectivity index (χ0v) is 15.0. The third kappa shape index (κ3) is 3.76. The number of ether oxygens (including phenoxy) is 1. The minimum atomic E-state index is -0.207. The highest BCUT2D eigenvalue weighted by Crippen LogP contribution is 2.33. The van der Waals surface area contributed by atoms with Crippen molar-refractivity contribution >= 4 is 11.8 Å². The second-order valence-electron chi connectivity index (χ2n) is 5.40. The molecule has 9 heteroatoms. The summed E-state index contributed by atoms with van der Waals surface area (Å²) in [4.78, 5) is 11.8. The molecule has 0 aliphatic carbocycles. The van der Waals surface area contributed by atoms with E-state index < -0.39 is 0 Å². The molecule has 1 N–H and O–H groups in total. The van der Waals surface area contributed by atoms with Crippen LogP contribution in [-0.4, -0.2) is 32.1 Å². The number of thioether (sulfide) groups is 1.